The van der Waals surface area contributed by atoms with Gasteiger partial charge in [0.25, 0.3) is 0 Å². The molecule has 0 unspecified atom stereocenters. The molecule has 1 aliphatic rings. The van der Waals surface area contributed by atoms with Crippen LogP contribution in [0.25, 0.3) is 0 Å². The zero-order valence-corrected chi connectivity index (χ0v) is 13.5. The first-order valence-electron chi connectivity index (χ1n) is 7.29. The van der Waals surface area contributed by atoms with E-state index in [0.29, 0.717) is 25.9 Å². The minimum absolute atomic E-state index is 0.0722. The van der Waals surface area contributed by atoms with Gasteiger partial charge in [-0.05, 0) is 51.0 Å². The molecular formula is C15H21NO5S. The maximum atomic E-state index is 12.5. The summed E-state index contributed by atoms with van der Waals surface area (Å²) in [6.45, 7) is 4.76. The number of carboxylic acid groups (broad SMARTS) is 1. The van der Waals surface area contributed by atoms with Crippen LogP contribution < -0.4 is 0 Å². The highest BCUT2D eigenvalue weighted by atomic mass is 32.2. The number of piperidine rings is 1. The molecule has 0 spiro atoms. The van der Waals surface area contributed by atoms with Crippen molar-refractivity contribution in [3.63, 3.8) is 0 Å². The van der Waals surface area contributed by atoms with Crippen LogP contribution >= 0.6 is 0 Å². The molecule has 22 heavy (non-hydrogen) atoms. The molecule has 0 radical (unpaired) electrons. The molecule has 0 saturated carbocycles. The SMILES string of the molecule is CC(C)OC1CCN(S(=O)(=O)c2ccc(C(=O)O)cc2)CC1. The van der Waals surface area contributed by atoms with Gasteiger partial charge in [-0.2, -0.15) is 4.31 Å². The molecule has 0 atom stereocenters. The number of hydrogen-bond acceptors (Lipinski definition) is 4. The van der Waals surface area contributed by atoms with Crippen molar-refractivity contribution in [3.05, 3.63) is 29.8 Å². The molecule has 1 fully saturated rings. The summed E-state index contributed by atoms with van der Waals surface area (Å²) in [5.41, 5.74) is 0.0722. The Kier molecular flexibility index (Phi) is 5.20. The second kappa shape index (κ2) is 6.76. The average Bonchev–Trinajstić information content (AvgIpc) is 2.47. The summed E-state index contributed by atoms with van der Waals surface area (Å²) >= 11 is 0. The van der Waals surface area contributed by atoms with Crippen LogP contribution in [0.5, 0.6) is 0 Å². The number of sulfonamides is 1. The van der Waals surface area contributed by atoms with Gasteiger partial charge >= 0.3 is 5.97 Å². The Morgan fingerprint density at radius 2 is 1.77 bits per heavy atom. The summed E-state index contributed by atoms with van der Waals surface area (Å²) in [7, 11) is -3.57. The van der Waals surface area contributed by atoms with E-state index in [1.54, 1.807) is 0 Å². The van der Waals surface area contributed by atoms with Gasteiger partial charge in [-0.1, -0.05) is 0 Å². The molecule has 1 N–H and O–H groups in total. The first-order chi connectivity index (χ1) is 10.3. The minimum atomic E-state index is -3.57. The van der Waals surface area contributed by atoms with Gasteiger partial charge in [0.15, 0.2) is 0 Å². The summed E-state index contributed by atoms with van der Waals surface area (Å²) in [4.78, 5) is 10.9. The van der Waals surface area contributed by atoms with Crippen LogP contribution in [-0.4, -0.2) is 49.1 Å². The minimum Gasteiger partial charge on any atom is -0.478 e. The Hall–Kier alpha value is -1.44. The molecule has 1 heterocycles. The van der Waals surface area contributed by atoms with Gasteiger partial charge in [0.2, 0.25) is 10.0 Å². The lowest BCUT2D eigenvalue weighted by atomic mass is 10.1. The molecule has 1 aromatic rings. The van der Waals surface area contributed by atoms with E-state index in [0.717, 1.165) is 0 Å². The molecule has 0 aromatic heterocycles. The van der Waals surface area contributed by atoms with Crippen LogP contribution in [0.1, 0.15) is 37.0 Å². The summed E-state index contributed by atoms with van der Waals surface area (Å²) in [5.74, 6) is -1.07. The normalized spacial score (nSPS) is 17.8. The lowest BCUT2D eigenvalue weighted by molar-refractivity contribution is -0.0168. The molecule has 1 aliphatic heterocycles. The van der Waals surface area contributed by atoms with Crippen LogP contribution in [0, 0.1) is 0 Å². The van der Waals surface area contributed by atoms with Crippen molar-refractivity contribution in [2.24, 2.45) is 0 Å². The van der Waals surface area contributed by atoms with Gasteiger partial charge in [-0.3, -0.25) is 0 Å². The zero-order valence-electron chi connectivity index (χ0n) is 12.7. The summed E-state index contributed by atoms with van der Waals surface area (Å²) in [6, 6.07) is 5.30. The third-order valence-electron chi connectivity index (χ3n) is 3.60. The van der Waals surface area contributed by atoms with Crippen molar-refractivity contribution in [1.29, 1.82) is 0 Å². The van der Waals surface area contributed by atoms with E-state index < -0.39 is 16.0 Å². The Morgan fingerprint density at radius 1 is 1.23 bits per heavy atom. The van der Waals surface area contributed by atoms with Gasteiger partial charge in [-0.15, -0.1) is 0 Å². The molecule has 6 nitrogen and oxygen atoms in total. The highest BCUT2D eigenvalue weighted by Crippen LogP contribution is 2.23. The number of aromatic carboxylic acids is 1. The van der Waals surface area contributed by atoms with Crippen molar-refractivity contribution in [3.8, 4) is 0 Å². The van der Waals surface area contributed by atoms with Gasteiger partial charge < -0.3 is 9.84 Å². The molecule has 2 rings (SSSR count). The van der Waals surface area contributed by atoms with Gasteiger partial charge in [0.1, 0.15) is 0 Å². The van der Waals surface area contributed by atoms with Crippen LogP contribution in [0.2, 0.25) is 0 Å². The van der Waals surface area contributed by atoms with Crippen molar-refractivity contribution < 1.29 is 23.1 Å². The lowest BCUT2D eigenvalue weighted by Gasteiger charge is -2.32. The van der Waals surface area contributed by atoms with E-state index in [9.17, 15) is 13.2 Å². The number of hydrogen-bond donors (Lipinski definition) is 1. The average molecular weight is 327 g/mol. The van der Waals surface area contributed by atoms with Crippen LogP contribution in [0.4, 0.5) is 0 Å². The molecule has 0 bridgehead atoms. The fourth-order valence-electron chi connectivity index (χ4n) is 2.51. The smallest absolute Gasteiger partial charge is 0.335 e. The molecule has 1 saturated heterocycles. The Morgan fingerprint density at radius 3 is 2.23 bits per heavy atom. The summed E-state index contributed by atoms with van der Waals surface area (Å²) in [5, 5.41) is 8.85. The van der Waals surface area contributed by atoms with Gasteiger partial charge in [0.05, 0.1) is 22.7 Å². The highest BCUT2D eigenvalue weighted by molar-refractivity contribution is 7.89. The van der Waals surface area contributed by atoms with E-state index in [2.05, 4.69) is 0 Å². The van der Waals surface area contributed by atoms with Crippen LogP contribution in [0.3, 0.4) is 0 Å². The third-order valence-corrected chi connectivity index (χ3v) is 5.52. The van der Waals surface area contributed by atoms with E-state index in [-0.39, 0.29) is 22.7 Å². The molecular weight excluding hydrogens is 306 g/mol. The Bertz CT molecular complexity index is 616. The Balaban J connectivity index is 2.06. The zero-order chi connectivity index (χ0) is 16.3. The second-order valence-corrected chi connectivity index (χ2v) is 7.56. The predicted octanol–water partition coefficient (Wildman–Crippen LogP) is 1.96. The fraction of sp³-hybridized carbons (Fsp3) is 0.533. The quantitative estimate of drug-likeness (QED) is 0.894. The van der Waals surface area contributed by atoms with E-state index in [1.807, 2.05) is 13.8 Å². The first-order valence-corrected chi connectivity index (χ1v) is 8.73. The number of nitrogens with zero attached hydrogens (tertiary/aromatic N) is 1. The molecule has 7 heteroatoms. The molecule has 0 amide bonds. The fourth-order valence-corrected chi connectivity index (χ4v) is 3.98. The first kappa shape index (κ1) is 16.9. The number of carbonyl (C=O) groups is 1. The summed E-state index contributed by atoms with van der Waals surface area (Å²) < 4.78 is 32.2. The van der Waals surface area contributed by atoms with Gasteiger partial charge in [0, 0.05) is 13.1 Å². The second-order valence-electron chi connectivity index (χ2n) is 5.62. The number of rotatable bonds is 5. The van der Waals surface area contributed by atoms with E-state index in [4.69, 9.17) is 9.84 Å². The predicted molar refractivity (Wildman–Crippen MR) is 81.4 cm³/mol. The number of carboxylic acids is 1. The monoisotopic (exact) mass is 327 g/mol. The standard InChI is InChI=1S/C15H21NO5S/c1-11(2)21-13-7-9-16(10-8-13)22(19,20)14-5-3-12(4-6-14)15(17)18/h3-6,11,13H,7-10H2,1-2H3,(H,17,18). The Labute approximate surface area is 130 Å². The highest BCUT2D eigenvalue weighted by Gasteiger charge is 2.30. The maximum absolute atomic E-state index is 12.5. The molecule has 122 valence electrons. The largest absolute Gasteiger partial charge is 0.478 e. The van der Waals surface area contributed by atoms with E-state index >= 15 is 0 Å². The molecule has 1 aromatic carbocycles. The third kappa shape index (κ3) is 3.85. The number of benzene rings is 1. The van der Waals surface area contributed by atoms with Crippen molar-refractivity contribution in [1.82, 2.24) is 4.31 Å². The van der Waals surface area contributed by atoms with Crippen molar-refractivity contribution >= 4 is 16.0 Å². The lowest BCUT2D eigenvalue weighted by Crippen LogP contribution is -2.41. The topological polar surface area (TPSA) is 83.9 Å². The van der Waals surface area contributed by atoms with Crippen molar-refractivity contribution in [2.45, 2.75) is 43.8 Å². The summed E-state index contributed by atoms with van der Waals surface area (Å²) in [6.07, 6.45) is 1.58. The molecule has 0 aliphatic carbocycles. The van der Waals surface area contributed by atoms with E-state index in [1.165, 1.54) is 28.6 Å². The van der Waals surface area contributed by atoms with Crippen molar-refractivity contribution in [2.75, 3.05) is 13.1 Å². The van der Waals surface area contributed by atoms with Gasteiger partial charge in [-0.25, -0.2) is 13.2 Å². The number of ether oxygens (including phenoxy) is 1. The van der Waals surface area contributed by atoms with Crippen LogP contribution in [-0.2, 0) is 14.8 Å². The van der Waals surface area contributed by atoms with Crippen LogP contribution in [0.15, 0.2) is 29.2 Å². The maximum Gasteiger partial charge on any atom is 0.335 e.